The van der Waals surface area contributed by atoms with Crippen LogP contribution >= 0.6 is 23.5 Å². The van der Waals surface area contributed by atoms with Crippen molar-refractivity contribution in [1.29, 1.82) is 0 Å². The summed E-state index contributed by atoms with van der Waals surface area (Å²) in [5.41, 5.74) is 0. The third-order valence-corrected chi connectivity index (χ3v) is 5.16. The van der Waals surface area contributed by atoms with Crippen LogP contribution in [0.1, 0.15) is 20.8 Å². The molecule has 1 aliphatic heterocycles. The van der Waals surface area contributed by atoms with Crippen molar-refractivity contribution in [2.75, 3.05) is 5.75 Å². The van der Waals surface area contributed by atoms with Gasteiger partial charge in [0, 0.05) is 16.3 Å². The minimum atomic E-state index is -0.489. The summed E-state index contributed by atoms with van der Waals surface area (Å²) in [6.07, 6.45) is 0. The Morgan fingerprint density at radius 1 is 1.40 bits per heavy atom. The lowest BCUT2D eigenvalue weighted by Gasteiger charge is -2.35. The highest BCUT2D eigenvalue weighted by Crippen LogP contribution is 2.40. The molecule has 3 unspecified atom stereocenters. The fourth-order valence-electron chi connectivity index (χ4n) is 0.952. The molecule has 1 N–H and O–H groups in total. The molecule has 1 aliphatic rings. The third kappa shape index (κ3) is 2.07. The summed E-state index contributed by atoms with van der Waals surface area (Å²) in [5.74, 6) is 0.864. The first kappa shape index (κ1) is 8.75. The van der Waals surface area contributed by atoms with Crippen LogP contribution in [0.2, 0.25) is 0 Å². The zero-order valence-electron chi connectivity index (χ0n) is 6.63. The normalized spacial score (nSPS) is 49.2. The first-order valence-corrected chi connectivity index (χ1v) is 5.46. The van der Waals surface area contributed by atoms with Crippen LogP contribution in [0.5, 0.6) is 0 Å². The molecular formula is C7H14OS2. The summed E-state index contributed by atoms with van der Waals surface area (Å²) in [5, 5.41) is 10.9. The van der Waals surface area contributed by atoms with Crippen molar-refractivity contribution in [3.05, 3.63) is 0 Å². The van der Waals surface area contributed by atoms with Crippen molar-refractivity contribution in [2.45, 2.75) is 36.2 Å². The predicted molar refractivity (Wildman–Crippen MR) is 49.6 cm³/mol. The van der Waals surface area contributed by atoms with E-state index in [0.29, 0.717) is 10.5 Å². The molecule has 0 aromatic carbocycles. The second-order valence-corrected chi connectivity index (χ2v) is 6.24. The molecule has 0 aromatic heterocycles. The predicted octanol–water partition coefficient (Wildman–Crippen LogP) is 1.95. The summed E-state index contributed by atoms with van der Waals surface area (Å²) in [4.78, 5) is -0.489. The van der Waals surface area contributed by atoms with Crippen LogP contribution in [-0.2, 0) is 0 Å². The van der Waals surface area contributed by atoms with Gasteiger partial charge in [0.1, 0.15) is 4.93 Å². The highest BCUT2D eigenvalue weighted by molar-refractivity contribution is 8.07. The lowest BCUT2D eigenvalue weighted by Crippen LogP contribution is -2.34. The van der Waals surface area contributed by atoms with E-state index >= 15 is 0 Å². The van der Waals surface area contributed by atoms with Gasteiger partial charge in [-0.05, 0) is 6.92 Å². The first-order chi connectivity index (χ1) is 4.51. The summed E-state index contributed by atoms with van der Waals surface area (Å²) < 4.78 is 0. The zero-order chi connectivity index (χ0) is 7.78. The van der Waals surface area contributed by atoms with E-state index in [4.69, 9.17) is 0 Å². The molecule has 1 saturated heterocycles. The van der Waals surface area contributed by atoms with Crippen molar-refractivity contribution in [2.24, 2.45) is 0 Å². The van der Waals surface area contributed by atoms with Crippen LogP contribution in [0.25, 0.3) is 0 Å². The fourth-order valence-corrected chi connectivity index (χ4v) is 3.67. The van der Waals surface area contributed by atoms with Crippen molar-refractivity contribution >= 4 is 23.5 Å². The second-order valence-electron chi connectivity index (χ2n) is 3.01. The maximum absolute atomic E-state index is 9.60. The maximum atomic E-state index is 9.60. The van der Waals surface area contributed by atoms with Gasteiger partial charge in [0.05, 0.1) is 0 Å². The van der Waals surface area contributed by atoms with Crippen LogP contribution in [0.3, 0.4) is 0 Å². The molecule has 1 fully saturated rings. The number of aliphatic hydroxyl groups is 1. The lowest BCUT2D eigenvalue weighted by atomic mass is 10.4. The van der Waals surface area contributed by atoms with Gasteiger partial charge in [-0.2, -0.15) is 11.8 Å². The molecule has 1 heterocycles. The SMILES string of the molecule is CC1SCC(C)(O)SC1C. The minimum Gasteiger partial charge on any atom is -0.379 e. The molecule has 0 spiro atoms. The van der Waals surface area contributed by atoms with Gasteiger partial charge in [-0.3, -0.25) is 0 Å². The maximum Gasteiger partial charge on any atom is 0.116 e. The molecule has 10 heavy (non-hydrogen) atoms. The smallest absolute Gasteiger partial charge is 0.116 e. The molecule has 0 aromatic rings. The molecule has 1 nitrogen and oxygen atoms in total. The van der Waals surface area contributed by atoms with Gasteiger partial charge >= 0.3 is 0 Å². The molecule has 0 radical (unpaired) electrons. The van der Waals surface area contributed by atoms with Crippen molar-refractivity contribution in [3.8, 4) is 0 Å². The summed E-state index contributed by atoms with van der Waals surface area (Å²) in [6, 6.07) is 0. The molecule has 1 rings (SSSR count). The van der Waals surface area contributed by atoms with E-state index in [1.807, 2.05) is 18.7 Å². The first-order valence-electron chi connectivity index (χ1n) is 3.53. The Hall–Kier alpha value is 0.660. The van der Waals surface area contributed by atoms with Gasteiger partial charge in [-0.1, -0.05) is 13.8 Å². The Bertz CT molecular complexity index is 125. The third-order valence-electron chi connectivity index (χ3n) is 1.71. The minimum absolute atomic E-state index is 0.489. The summed E-state index contributed by atoms with van der Waals surface area (Å²) >= 11 is 3.55. The average molecular weight is 178 g/mol. The van der Waals surface area contributed by atoms with Crippen molar-refractivity contribution in [1.82, 2.24) is 0 Å². The molecule has 0 bridgehead atoms. The van der Waals surface area contributed by atoms with Crippen molar-refractivity contribution < 1.29 is 5.11 Å². The zero-order valence-corrected chi connectivity index (χ0v) is 8.26. The largest absolute Gasteiger partial charge is 0.379 e. The van der Waals surface area contributed by atoms with E-state index in [9.17, 15) is 5.11 Å². The molecule has 0 aliphatic carbocycles. The number of thioether (sulfide) groups is 2. The van der Waals surface area contributed by atoms with Crippen LogP contribution in [0.15, 0.2) is 0 Å². The quantitative estimate of drug-likeness (QED) is 0.612. The standard InChI is InChI=1S/C7H14OS2/c1-5-6(2)10-7(3,8)4-9-5/h5-6,8H,4H2,1-3H3. The van der Waals surface area contributed by atoms with Crippen LogP contribution in [0, 0.1) is 0 Å². The van der Waals surface area contributed by atoms with Crippen LogP contribution in [0.4, 0.5) is 0 Å². The van der Waals surface area contributed by atoms with E-state index in [0.717, 1.165) is 5.75 Å². The van der Waals surface area contributed by atoms with Crippen LogP contribution < -0.4 is 0 Å². The van der Waals surface area contributed by atoms with E-state index in [1.165, 1.54) is 0 Å². The Labute approximate surface area is 71.0 Å². The van der Waals surface area contributed by atoms with E-state index < -0.39 is 4.93 Å². The van der Waals surface area contributed by atoms with Gasteiger partial charge in [0.2, 0.25) is 0 Å². The van der Waals surface area contributed by atoms with Gasteiger partial charge in [-0.25, -0.2) is 0 Å². The molecular weight excluding hydrogens is 164 g/mol. The van der Waals surface area contributed by atoms with E-state index in [2.05, 4.69) is 13.8 Å². The number of rotatable bonds is 0. The second kappa shape index (κ2) is 2.95. The Kier molecular flexibility index (Phi) is 2.59. The van der Waals surface area contributed by atoms with Gasteiger partial charge in [0.15, 0.2) is 0 Å². The molecule has 0 amide bonds. The summed E-state index contributed by atoms with van der Waals surface area (Å²) in [6.45, 7) is 6.29. The fraction of sp³-hybridized carbons (Fsp3) is 1.00. The van der Waals surface area contributed by atoms with E-state index in [-0.39, 0.29) is 0 Å². The Morgan fingerprint density at radius 2 is 2.00 bits per heavy atom. The molecule has 60 valence electrons. The number of hydrogen-bond acceptors (Lipinski definition) is 3. The van der Waals surface area contributed by atoms with Gasteiger partial charge in [0.25, 0.3) is 0 Å². The average Bonchev–Trinajstić information content (AvgIpc) is 1.79. The number of hydrogen-bond donors (Lipinski definition) is 1. The molecule has 3 heteroatoms. The van der Waals surface area contributed by atoms with Gasteiger partial charge in [-0.15, -0.1) is 11.8 Å². The van der Waals surface area contributed by atoms with Crippen LogP contribution in [-0.4, -0.2) is 26.3 Å². The molecule has 3 atom stereocenters. The van der Waals surface area contributed by atoms with Crippen molar-refractivity contribution in [3.63, 3.8) is 0 Å². The lowest BCUT2D eigenvalue weighted by molar-refractivity contribution is 0.182. The topological polar surface area (TPSA) is 20.2 Å². The van der Waals surface area contributed by atoms with Gasteiger partial charge < -0.3 is 5.11 Å². The monoisotopic (exact) mass is 178 g/mol. The van der Waals surface area contributed by atoms with E-state index in [1.54, 1.807) is 11.8 Å². The Balaban J connectivity index is 2.49. The molecule has 0 saturated carbocycles. The Morgan fingerprint density at radius 3 is 2.40 bits per heavy atom. The summed E-state index contributed by atoms with van der Waals surface area (Å²) in [7, 11) is 0. The highest BCUT2D eigenvalue weighted by atomic mass is 32.2. The highest BCUT2D eigenvalue weighted by Gasteiger charge is 2.32.